The first-order valence-corrected chi connectivity index (χ1v) is 31.0. The number of hydrogen-bond acceptors (Lipinski definition) is 28. The van der Waals surface area contributed by atoms with Crippen molar-refractivity contribution in [1.82, 2.24) is 0 Å². The predicted molar refractivity (Wildman–Crippen MR) is 294 cm³/mol. The van der Waals surface area contributed by atoms with Crippen molar-refractivity contribution in [3.05, 3.63) is 11.6 Å². The number of rotatable bonds is 19. The summed E-state index contributed by atoms with van der Waals surface area (Å²) in [5, 5.41) is 194. The molecule has 8 fully saturated rings. The van der Waals surface area contributed by atoms with Crippen LogP contribution in [0.3, 0.4) is 0 Å². The topological polar surface area (TPSA) is 456 Å². The quantitative estimate of drug-likeness (QED) is 0.0540. The molecule has 9 aliphatic rings. The molecule has 9 rings (SSSR count). The van der Waals surface area contributed by atoms with E-state index in [1.807, 2.05) is 13.8 Å². The summed E-state index contributed by atoms with van der Waals surface area (Å²) in [6.07, 6.45) is -34.7. The van der Waals surface area contributed by atoms with Gasteiger partial charge < -0.3 is 139 Å². The Morgan fingerprint density at radius 2 is 1.07 bits per heavy atom. The Balaban J connectivity index is 0.879. The highest BCUT2D eigenvalue weighted by atomic mass is 16.8. The zero-order valence-corrected chi connectivity index (χ0v) is 50.8. The first-order valence-electron chi connectivity index (χ1n) is 31.0. The smallest absolute Gasteiger partial charge is 0.187 e. The van der Waals surface area contributed by atoms with E-state index in [0.29, 0.717) is 32.1 Å². The molecule has 28 nitrogen and oxygen atoms in total. The number of allylic oxidation sites excluding steroid dienone is 1. The van der Waals surface area contributed by atoms with Crippen LogP contribution in [0, 0.1) is 45.3 Å². The Morgan fingerprint density at radius 1 is 0.563 bits per heavy atom. The lowest BCUT2D eigenvalue weighted by atomic mass is 9.38. The van der Waals surface area contributed by atoms with Gasteiger partial charge in [-0.25, -0.2) is 0 Å². The lowest BCUT2D eigenvalue weighted by Crippen LogP contribution is -2.65. The molecule has 87 heavy (non-hydrogen) atoms. The third-order valence-electron chi connectivity index (χ3n) is 22.5. The van der Waals surface area contributed by atoms with Gasteiger partial charge in [-0.15, -0.1) is 0 Å². The van der Waals surface area contributed by atoms with Crippen molar-refractivity contribution < 1.29 is 139 Å². The molecular formula is C59H100O28. The highest BCUT2D eigenvalue weighted by Gasteiger charge is 2.70. The number of ether oxygens (including phenoxy) is 10. The van der Waals surface area contributed by atoms with Gasteiger partial charge in [0.25, 0.3) is 0 Å². The molecule has 28 heteroatoms. The van der Waals surface area contributed by atoms with E-state index < -0.39 is 209 Å². The van der Waals surface area contributed by atoms with Gasteiger partial charge in [0.2, 0.25) is 0 Å². The van der Waals surface area contributed by atoms with Crippen molar-refractivity contribution >= 4 is 0 Å². The summed E-state index contributed by atoms with van der Waals surface area (Å²) in [5.74, 6) is 0.0449. The lowest BCUT2D eigenvalue weighted by molar-refractivity contribution is -0.379. The SMILES string of the molecule is C[C@H](CC[C@@H](OC1OC(COC2OCC(O)C(O)C2O)C(O)C(O)C1OC1OC(CO)C(O)C(O)C1O)C(C)(C)O)[C@H]1CC[C@@]2(C)[C@@H]3CC=C4[C@@H](CC[C@H](OC5OC(COC6OC(CO)C(O)C(O)C6O)C(O)C(O)C5O)C4(C)C)[C@]3(C)[C@H](O)C[C@]12C. The van der Waals surface area contributed by atoms with Crippen LogP contribution < -0.4 is 0 Å². The summed E-state index contributed by atoms with van der Waals surface area (Å²) in [4.78, 5) is 0. The Labute approximate surface area is 506 Å². The van der Waals surface area contributed by atoms with Gasteiger partial charge in [0, 0.05) is 10.8 Å². The van der Waals surface area contributed by atoms with Crippen LogP contribution in [0.4, 0.5) is 0 Å². The molecule has 0 bridgehead atoms. The Hall–Kier alpha value is -1.38. The van der Waals surface area contributed by atoms with Gasteiger partial charge in [-0.3, -0.25) is 0 Å². The van der Waals surface area contributed by atoms with Crippen LogP contribution in [-0.2, 0) is 47.4 Å². The molecule has 24 unspecified atom stereocenters. The van der Waals surface area contributed by atoms with E-state index in [2.05, 4.69) is 33.8 Å². The second kappa shape index (κ2) is 26.8. The molecule has 18 N–H and O–H groups in total. The molecule has 5 heterocycles. The standard InChI is InChI=1S/C59H100O28/c1-23(9-13-35(56(4,5)77)86-54-49(87-53-48(76)42(70)38(66)29(19-61)82-53)44(72)40(68)31(84-54)21-79-50-45(73)36(64)27(62)20-78-50)24-15-16-57(6)32-12-10-25-26(59(32,8)33(63)17-58(24,57)7)11-14-34(55(25,2)3)85-52-47(75)43(71)39(67)30(83-52)22-80-51-46(74)41(69)37(65)28(18-60)81-51/h10,23-24,26-54,60-77H,9,11-22H2,1-8H3/t23-,24-,26-,27?,28?,29?,30?,31?,32+,33-,34+,35-,36?,37?,38?,39?,40?,41?,42?,43?,44?,45?,46?,47?,48?,49?,50?,51?,52?,53?,54?,57+,58-,59+/m1/s1. The minimum Gasteiger partial charge on any atom is -0.394 e. The zero-order chi connectivity index (χ0) is 63.9. The van der Waals surface area contributed by atoms with E-state index in [1.165, 1.54) is 13.8 Å². The molecule has 3 saturated carbocycles. The molecule has 5 aliphatic heterocycles. The predicted octanol–water partition coefficient (Wildman–Crippen LogP) is -4.77. The molecule has 4 aliphatic carbocycles. The van der Waals surface area contributed by atoms with Crippen molar-refractivity contribution in [1.29, 1.82) is 0 Å². The van der Waals surface area contributed by atoms with Crippen molar-refractivity contribution in [3.8, 4) is 0 Å². The van der Waals surface area contributed by atoms with E-state index in [4.69, 9.17) is 47.4 Å². The van der Waals surface area contributed by atoms with Crippen LogP contribution in [-0.4, -0.2) is 296 Å². The summed E-state index contributed by atoms with van der Waals surface area (Å²) in [5.41, 5.74) is -2.40. The first kappa shape index (κ1) is 69.9. The van der Waals surface area contributed by atoms with Crippen LogP contribution >= 0.6 is 0 Å². The second-order valence-corrected chi connectivity index (χ2v) is 28.3. The molecule has 0 amide bonds. The minimum absolute atomic E-state index is 0.0169. The fraction of sp³-hybridized carbons (Fsp3) is 0.966. The van der Waals surface area contributed by atoms with Gasteiger partial charge in [0.1, 0.15) is 116 Å². The van der Waals surface area contributed by atoms with E-state index in [1.54, 1.807) is 0 Å². The van der Waals surface area contributed by atoms with Gasteiger partial charge in [-0.05, 0) is 99.7 Å². The van der Waals surface area contributed by atoms with Gasteiger partial charge in [-0.2, -0.15) is 0 Å². The van der Waals surface area contributed by atoms with Gasteiger partial charge in [0.05, 0.1) is 56.9 Å². The maximum absolute atomic E-state index is 12.8. The molecule has 5 saturated heterocycles. The molecule has 0 aromatic heterocycles. The van der Waals surface area contributed by atoms with Crippen molar-refractivity contribution in [2.24, 2.45) is 45.3 Å². The van der Waals surface area contributed by atoms with Gasteiger partial charge in [0.15, 0.2) is 31.5 Å². The summed E-state index contributed by atoms with van der Waals surface area (Å²) in [6, 6.07) is 0. The third kappa shape index (κ3) is 12.8. The first-order chi connectivity index (χ1) is 40.7. The third-order valence-corrected chi connectivity index (χ3v) is 22.5. The maximum Gasteiger partial charge on any atom is 0.187 e. The largest absolute Gasteiger partial charge is 0.394 e. The number of aliphatic hydroxyl groups excluding tert-OH is 17. The van der Waals surface area contributed by atoms with Crippen LogP contribution in [0.2, 0.25) is 0 Å². The molecule has 34 atom stereocenters. The normalized spacial score (nSPS) is 51.8. The minimum atomic E-state index is -1.93. The molecule has 0 radical (unpaired) electrons. The summed E-state index contributed by atoms with van der Waals surface area (Å²) in [7, 11) is 0. The van der Waals surface area contributed by atoms with E-state index in [9.17, 15) is 91.9 Å². The van der Waals surface area contributed by atoms with Crippen molar-refractivity contribution in [2.75, 3.05) is 33.0 Å². The van der Waals surface area contributed by atoms with Crippen LogP contribution in [0.15, 0.2) is 11.6 Å². The Kier molecular flexibility index (Phi) is 21.5. The van der Waals surface area contributed by atoms with E-state index in [0.717, 1.165) is 18.4 Å². The highest BCUT2D eigenvalue weighted by molar-refractivity contribution is 5.32. The van der Waals surface area contributed by atoms with Crippen LogP contribution in [0.5, 0.6) is 0 Å². The van der Waals surface area contributed by atoms with E-state index >= 15 is 0 Å². The van der Waals surface area contributed by atoms with Gasteiger partial charge >= 0.3 is 0 Å². The fourth-order valence-electron chi connectivity index (χ4n) is 16.7. The number of aliphatic hydroxyl groups is 18. The number of hydrogen-bond donors (Lipinski definition) is 18. The second-order valence-electron chi connectivity index (χ2n) is 28.3. The van der Waals surface area contributed by atoms with Crippen LogP contribution in [0.1, 0.15) is 107 Å². The summed E-state index contributed by atoms with van der Waals surface area (Å²) >= 11 is 0. The summed E-state index contributed by atoms with van der Waals surface area (Å²) in [6.45, 7) is 13.2. The van der Waals surface area contributed by atoms with Crippen molar-refractivity contribution in [2.45, 2.75) is 278 Å². The maximum atomic E-state index is 12.8. The van der Waals surface area contributed by atoms with Crippen LogP contribution in [0.25, 0.3) is 0 Å². The molecule has 0 aromatic carbocycles. The van der Waals surface area contributed by atoms with E-state index in [-0.39, 0.29) is 47.5 Å². The molecule has 504 valence electrons. The summed E-state index contributed by atoms with van der Waals surface area (Å²) < 4.78 is 59.2. The lowest BCUT2D eigenvalue weighted by Gasteiger charge is -2.67. The zero-order valence-electron chi connectivity index (χ0n) is 50.8. The van der Waals surface area contributed by atoms with Gasteiger partial charge in [-0.1, -0.05) is 53.2 Å². The average molecular weight is 1260 g/mol. The monoisotopic (exact) mass is 1260 g/mol. The Morgan fingerprint density at radius 3 is 1.66 bits per heavy atom. The fourth-order valence-corrected chi connectivity index (χ4v) is 16.7. The van der Waals surface area contributed by atoms with Crippen molar-refractivity contribution in [3.63, 3.8) is 0 Å². The Bertz CT molecular complexity index is 2290. The molecule has 0 aromatic rings. The number of fused-ring (bicyclic) bond motifs is 5. The molecular weight excluding hydrogens is 1160 g/mol. The highest BCUT2D eigenvalue weighted by Crippen LogP contribution is 2.75. The average Bonchev–Trinajstić information content (AvgIpc) is 1.67. The molecule has 0 spiro atoms.